The summed E-state index contributed by atoms with van der Waals surface area (Å²) < 4.78 is 40.1. The summed E-state index contributed by atoms with van der Waals surface area (Å²) in [5.41, 5.74) is -0.321. The molecule has 0 aliphatic rings. The van der Waals surface area contributed by atoms with Crippen molar-refractivity contribution in [1.82, 2.24) is 4.98 Å². The Bertz CT molecular complexity index is 293. The van der Waals surface area contributed by atoms with Crippen LogP contribution in [0.4, 0.5) is 13.2 Å². The van der Waals surface area contributed by atoms with Crippen molar-refractivity contribution in [1.29, 1.82) is 0 Å². The zero-order chi connectivity index (χ0) is 9.84. The smallest absolute Gasteiger partial charge is 0.387 e. The molecule has 0 fully saturated rings. The summed E-state index contributed by atoms with van der Waals surface area (Å²) >= 11 is 0. The Labute approximate surface area is 71.8 Å². The van der Waals surface area contributed by atoms with Gasteiger partial charge in [0.15, 0.2) is 11.6 Å². The molecule has 0 atom stereocenters. The molecule has 0 bridgehead atoms. The van der Waals surface area contributed by atoms with E-state index < -0.39 is 24.8 Å². The first-order chi connectivity index (χ1) is 6.15. The van der Waals surface area contributed by atoms with Crippen LogP contribution in [0.25, 0.3) is 0 Å². The Morgan fingerprint density at radius 3 is 2.77 bits per heavy atom. The molecule has 0 aromatic carbocycles. The van der Waals surface area contributed by atoms with Gasteiger partial charge in [-0.3, -0.25) is 4.98 Å². The summed E-state index contributed by atoms with van der Waals surface area (Å²) in [5.74, 6) is -1.68. The van der Waals surface area contributed by atoms with E-state index in [1.807, 2.05) is 0 Å². The number of hydrogen-bond donors (Lipinski definition) is 1. The molecule has 0 amide bonds. The topological polar surface area (TPSA) is 42.4 Å². The van der Waals surface area contributed by atoms with E-state index in [9.17, 15) is 13.2 Å². The Kier molecular flexibility index (Phi) is 3.07. The highest BCUT2D eigenvalue weighted by molar-refractivity contribution is 5.25. The van der Waals surface area contributed by atoms with Crippen molar-refractivity contribution in [3.63, 3.8) is 0 Å². The quantitative estimate of drug-likeness (QED) is 0.787. The molecule has 1 aromatic heterocycles. The Morgan fingerprint density at radius 2 is 2.23 bits per heavy atom. The van der Waals surface area contributed by atoms with E-state index in [2.05, 4.69) is 9.72 Å². The molecular weight excluding hydrogens is 187 g/mol. The molecule has 3 nitrogen and oxygen atoms in total. The number of ether oxygens (including phenoxy) is 1. The van der Waals surface area contributed by atoms with Gasteiger partial charge in [0.05, 0.1) is 6.61 Å². The van der Waals surface area contributed by atoms with Gasteiger partial charge in [-0.1, -0.05) is 0 Å². The number of nitrogens with zero attached hydrogens (tertiary/aromatic N) is 1. The van der Waals surface area contributed by atoms with E-state index >= 15 is 0 Å². The normalized spacial score (nSPS) is 10.5. The fourth-order valence-corrected chi connectivity index (χ4v) is 0.764. The van der Waals surface area contributed by atoms with Gasteiger partial charge in [0.2, 0.25) is 0 Å². The second-order valence-electron chi connectivity index (χ2n) is 2.11. The second kappa shape index (κ2) is 4.08. The van der Waals surface area contributed by atoms with Crippen LogP contribution in [0.3, 0.4) is 0 Å². The Balaban J connectivity index is 2.94. The number of pyridine rings is 1. The average molecular weight is 193 g/mol. The van der Waals surface area contributed by atoms with Gasteiger partial charge in [-0.05, 0) is 0 Å². The molecule has 0 radical (unpaired) electrons. The molecule has 1 heterocycles. The Morgan fingerprint density at radius 1 is 1.54 bits per heavy atom. The molecule has 13 heavy (non-hydrogen) atoms. The molecule has 6 heteroatoms. The first kappa shape index (κ1) is 9.79. The molecule has 0 spiro atoms. The predicted octanol–water partition coefficient (Wildman–Crippen LogP) is 1.31. The standard InChI is InChI=1S/C7H6F3NO2/c8-6-4(3-12)11-2-1-5(6)13-7(9)10/h1-2,7,12H,3H2. The third-order valence-electron chi connectivity index (χ3n) is 1.29. The van der Waals surface area contributed by atoms with Crippen LogP contribution >= 0.6 is 0 Å². The fourth-order valence-electron chi connectivity index (χ4n) is 0.764. The van der Waals surface area contributed by atoms with Crippen molar-refractivity contribution in [3.8, 4) is 5.75 Å². The van der Waals surface area contributed by atoms with Crippen molar-refractivity contribution in [2.75, 3.05) is 0 Å². The fraction of sp³-hybridized carbons (Fsp3) is 0.286. The third kappa shape index (κ3) is 2.32. The van der Waals surface area contributed by atoms with Crippen LogP contribution in [0.2, 0.25) is 0 Å². The lowest BCUT2D eigenvalue weighted by Gasteiger charge is -2.06. The van der Waals surface area contributed by atoms with Crippen LogP contribution in [0.1, 0.15) is 5.69 Å². The van der Waals surface area contributed by atoms with Crippen LogP contribution < -0.4 is 4.74 Å². The highest BCUT2D eigenvalue weighted by Crippen LogP contribution is 2.20. The zero-order valence-corrected chi connectivity index (χ0v) is 6.38. The molecule has 72 valence electrons. The first-order valence-corrected chi connectivity index (χ1v) is 3.34. The van der Waals surface area contributed by atoms with Gasteiger partial charge in [0.1, 0.15) is 5.69 Å². The summed E-state index contributed by atoms with van der Waals surface area (Å²) in [4.78, 5) is 3.41. The highest BCUT2D eigenvalue weighted by atomic mass is 19.3. The lowest BCUT2D eigenvalue weighted by atomic mass is 10.3. The molecule has 0 aliphatic carbocycles. The summed E-state index contributed by atoms with van der Waals surface area (Å²) in [6.07, 6.45) is 1.08. The van der Waals surface area contributed by atoms with Gasteiger partial charge < -0.3 is 9.84 Å². The number of aliphatic hydroxyl groups excluding tert-OH is 1. The minimum atomic E-state index is -3.09. The molecule has 1 aromatic rings. The summed E-state index contributed by atoms with van der Waals surface area (Å²) in [6, 6.07) is 0.959. The lowest BCUT2D eigenvalue weighted by Crippen LogP contribution is -2.06. The average Bonchev–Trinajstić information content (AvgIpc) is 2.08. The molecule has 0 unspecified atom stereocenters. The molecule has 0 saturated carbocycles. The third-order valence-corrected chi connectivity index (χ3v) is 1.29. The van der Waals surface area contributed by atoms with Crippen molar-refractivity contribution >= 4 is 0 Å². The van der Waals surface area contributed by atoms with Gasteiger partial charge in [-0.25, -0.2) is 4.39 Å². The van der Waals surface area contributed by atoms with Crippen molar-refractivity contribution in [3.05, 3.63) is 23.8 Å². The largest absolute Gasteiger partial charge is 0.432 e. The molecule has 0 aliphatic heterocycles. The van der Waals surface area contributed by atoms with Crippen molar-refractivity contribution in [2.45, 2.75) is 13.2 Å². The maximum Gasteiger partial charge on any atom is 0.387 e. The van der Waals surface area contributed by atoms with Gasteiger partial charge in [0.25, 0.3) is 0 Å². The number of halogens is 3. The van der Waals surface area contributed by atoms with Crippen LogP contribution in [0.5, 0.6) is 5.75 Å². The van der Waals surface area contributed by atoms with E-state index in [0.29, 0.717) is 0 Å². The monoisotopic (exact) mass is 193 g/mol. The van der Waals surface area contributed by atoms with E-state index in [-0.39, 0.29) is 5.69 Å². The minimum absolute atomic E-state index is 0.321. The first-order valence-electron chi connectivity index (χ1n) is 3.34. The SMILES string of the molecule is OCc1nccc(OC(F)F)c1F. The zero-order valence-electron chi connectivity index (χ0n) is 6.38. The van der Waals surface area contributed by atoms with E-state index in [0.717, 1.165) is 12.3 Å². The summed E-state index contributed by atoms with van der Waals surface area (Å²) in [6.45, 7) is -3.75. The summed E-state index contributed by atoms with van der Waals surface area (Å²) in [5, 5.41) is 8.53. The van der Waals surface area contributed by atoms with Gasteiger partial charge in [-0.2, -0.15) is 8.78 Å². The molecular formula is C7H6F3NO2. The van der Waals surface area contributed by atoms with E-state index in [1.54, 1.807) is 0 Å². The number of rotatable bonds is 3. The number of aliphatic hydroxyl groups is 1. The molecule has 1 N–H and O–H groups in total. The number of alkyl halides is 2. The number of hydrogen-bond acceptors (Lipinski definition) is 3. The molecule has 1 rings (SSSR count). The van der Waals surface area contributed by atoms with Crippen LogP contribution in [0, 0.1) is 5.82 Å². The van der Waals surface area contributed by atoms with E-state index in [4.69, 9.17) is 5.11 Å². The van der Waals surface area contributed by atoms with Crippen LogP contribution in [-0.4, -0.2) is 16.7 Å². The maximum absolute atomic E-state index is 13.0. The van der Waals surface area contributed by atoms with Crippen LogP contribution in [0.15, 0.2) is 12.3 Å². The maximum atomic E-state index is 13.0. The van der Waals surface area contributed by atoms with Gasteiger partial charge >= 0.3 is 6.61 Å². The predicted molar refractivity (Wildman–Crippen MR) is 36.7 cm³/mol. The minimum Gasteiger partial charge on any atom is -0.432 e. The highest BCUT2D eigenvalue weighted by Gasteiger charge is 2.13. The second-order valence-corrected chi connectivity index (χ2v) is 2.11. The van der Waals surface area contributed by atoms with Gasteiger partial charge in [0, 0.05) is 12.3 Å². The van der Waals surface area contributed by atoms with Crippen LogP contribution in [-0.2, 0) is 6.61 Å². The van der Waals surface area contributed by atoms with Crippen molar-refractivity contribution < 1.29 is 23.0 Å². The van der Waals surface area contributed by atoms with E-state index in [1.165, 1.54) is 0 Å². The summed E-state index contributed by atoms with van der Waals surface area (Å²) in [7, 11) is 0. The van der Waals surface area contributed by atoms with Gasteiger partial charge in [-0.15, -0.1) is 0 Å². The number of aromatic nitrogens is 1. The molecule has 0 saturated heterocycles. The lowest BCUT2D eigenvalue weighted by molar-refractivity contribution is -0.0524. The Hall–Kier alpha value is -1.30. The van der Waals surface area contributed by atoms with Crippen molar-refractivity contribution in [2.24, 2.45) is 0 Å².